The van der Waals surface area contributed by atoms with E-state index < -0.39 is 12.0 Å². The first kappa shape index (κ1) is 14.4. The minimum absolute atomic E-state index is 0.103. The number of aliphatic carboxylic acids is 1. The SMILES string of the molecule is CC1SCC(C(=O)O)N1C(=O)NN1CCN(C)CC1. The molecule has 0 aromatic heterocycles. The van der Waals surface area contributed by atoms with Crippen LogP contribution < -0.4 is 5.43 Å². The van der Waals surface area contributed by atoms with Gasteiger partial charge in [0.05, 0.1) is 5.37 Å². The van der Waals surface area contributed by atoms with Gasteiger partial charge in [-0.2, -0.15) is 0 Å². The van der Waals surface area contributed by atoms with Crippen molar-refractivity contribution in [2.24, 2.45) is 0 Å². The van der Waals surface area contributed by atoms with Gasteiger partial charge in [0.1, 0.15) is 6.04 Å². The zero-order valence-corrected chi connectivity index (χ0v) is 12.0. The number of carboxylic acids is 1. The molecule has 2 N–H and O–H groups in total. The first-order chi connectivity index (χ1) is 8.99. The van der Waals surface area contributed by atoms with Crippen LogP contribution in [0.5, 0.6) is 0 Å². The summed E-state index contributed by atoms with van der Waals surface area (Å²) in [7, 11) is 2.04. The molecule has 0 radical (unpaired) electrons. The van der Waals surface area contributed by atoms with E-state index in [1.54, 1.807) is 0 Å². The van der Waals surface area contributed by atoms with Crippen molar-refractivity contribution in [3.8, 4) is 0 Å². The highest BCUT2D eigenvalue weighted by atomic mass is 32.2. The van der Waals surface area contributed by atoms with E-state index in [1.807, 2.05) is 19.0 Å². The smallest absolute Gasteiger partial charge is 0.333 e. The van der Waals surface area contributed by atoms with Crippen LogP contribution in [0, 0.1) is 0 Å². The van der Waals surface area contributed by atoms with Gasteiger partial charge in [-0.15, -0.1) is 11.8 Å². The van der Waals surface area contributed by atoms with Crippen molar-refractivity contribution < 1.29 is 14.7 Å². The fraction of sp³-hybridized carbons (Fsp3) is 0.818. The Labute approximate surface area is 116 Å². The molecule has 0 aromatic rings. The number of rotatable bonds is 2. The minimum atomic E-state index is -0.939. The number of hydrazine groups is 1. The Bertz CT molecular complexity index is 360. The van der Waals surface area contributed by atoms with Crippen LogP contribution in [-0.4, -0.2) is 82.3 Å². The summed E-state index contributed by atoms with van der Waals surface area (Å²) < 4.78 is 0. The lowest BCUT2D eigenvalue weighted by Crippen LogP contribution is -2.58. The molecule has 108 valence electrons. The van der Waals surface area contributed by atoms with Crippen LogP contribution >= 0.6 is 11.8 Å². The van der Waals surface area contributed by atoms with E-state index in [-0.39, 0.29) is 11.4 Å². The molecule has 7 nitrogen and oxygen atoms in total. The predicted octanol–water partition coefficient (Wildman–Crippen LogP) is -0.294. The van der Waals surface area contributed by atoms with Crippen molar-refractivity contribution in [2.75, 3.05) is 39.0 Å². The molecule has 2 amide bonds. The fourth-order valence-electron chi connectivity index (χ4n) is 2.25. The van der Waals surface area contributed by atoms with Gasteiger partial charge in [-0.25, -0.2) is 14.6 Å². The standard InChI is InChI=1S/C11H20N4O3S/c1-8-15(9(7-19-8)10(16)17)11(18)12-14-5-3-13(2)4-6-14/h8-9H,3-7H2,1-2H3,(H,12,18)(H,16,17). The molecule has 2 saturated heterocycles. The quantitative estimate of drug-likeness (QED) is 0.727. The lowest BCUT2D eigenvalue weighted by Gasteiger charge is -2.34. The second-order valence-corrected chi connectivity index (χ2v) is 6.25. The number of amides is 2. The molecule has 0 spiro atoms. The summed E-state index contributed by atoms with van der Waals surface area (Å²) >= 11 is 1.49. The maximum Gasteiger partial charge on any atom is 0.333 e. The summed E-state index contributed by atoms with van der Waals surface area (Å²) in [6.45, 7) is 5.17. The Morgan fingerprint density at radius 1 is 1.26 bits per heavy atom. The average Bonchev–Trinajstić information content (AvgIpc) is 2.74. The van der Waals surface area contributed by atoms with Crippen molar-refractivity contribution in [3.63, 3.8) is 0 Å². The summed E-state index contributed by atoms with van der Waals surface area (Å²) in [6, 6.07) is -1.04. The molecule has 2 fully saturated rings. The molecule has 2 rings (SSSR count). The normalized spacial score (nSPS) is 29.5. The molecular weight excluding hydrogens is 268 g/mol. The van der Waals surface area contributed by atoms with Gasteiger partial charge in [-0.3, -0.25) is 10.3 Å². The van der Waals surface area contributed by atoms with Gasteiger partial charge < -0.3 is 10.0 Å². The Morgan fingerprint density at radius 2 is 1.89 bits per heavy atom. The average molecular weight is 288 g/mol. The lowest BCUT2D eigenvalue weighted by molar-refractivity contribution is -0.141. The Balaban J connectivity index is 1.93. The third-order valence-electron chi connectivity index (χ3n) is 3.50. The molecule has 2 heterocycles. The number of nitrogens with one attached hydrogen (secondary N) is 1. The maximum absolute atomic E-state index is 12.2. The highest BCUT2D eigenvalue weighted by Crippen LogP contribution is 2.28. The van der Waals surface area contributed by atoms with Gasteiger partial charge in [0.25, 0.3) is 0 Å². The highest BCUT2D eigenvalue weighted by molar-refractivity contribution is 8.00. The summed E-state index contributed by atoms with van der Waals surface area (Å²) in [5.74, 6) is -0.488. The van der Waals surface area contributed by atoms with Crippen LogP contribution in [0.4, 0.5) is 4.79 Å². The fourth-order valence-corrected chi connectivity index (χ4v) is 3.42. The molecule has 0 aliphatic carbocycles. The molecule has 0 bridgehead atoms. The largest absolute Gasteiger partial charge is 0.480 e. The first-order valence-corrected chi connectivity index (χ1v) is 7.40. The van der Waals surface area contributed by atoms with Crippen LogP contribution in [0.15, 0.2) is 0 Å². The van der Waals surface area contributed by atoms with Crippen LogP contribution in [-0.2, 0) is 4.79 Å². The topological polar surface area (TPSA) is 76.1 Å². The number of likely N-dealkylation sites (N-methyl/N-ethyl adjacent to an activating group) is 1. The van der Waals surface area contributed by atoms with Gasteiger partial charge in [0.15, 0.2) is 0 Å². The molecular formula is C11H20N4O3S. The molecule has 2 aliphatic heterocycles. The van der Waals surface area contributed by atoms with Crippen molar-refractivity contribution in [1.82, 2.24) is 20.2 Å². The summed E-state index contributed by atoms with van der Waals surface area (Å²) in [5.41, 5.74) is 2.81. The number of carbonyl (C=O) groups excluding carboxylic acids is 1. The van der Waals surface area contributed by atoms with Crippen LogP contribution in [0.25, 0.3) is 0 Å². The molecule has 0 saturated carbocycles. The second kappa shape index (κ2) is 5.98. The van der Waals surface area contributed by atoms with Crippen molar-refractivity contribution in [3.05, 3.63) is 0 Å². The van der Waals surface area contributed by atoms with Crippen LogP contribution in [0.3, 0.4) is 0 Å². The number of urea groups is 1. The third-order valence-corrected chi connectivity index (χ3v) is 4.72. The monoisotopic (exact) mass is 288 g/mol. The number of carboxylic acid groups (broad SMARTS) is 1. The molecule has 2 unspecified atom stereocenters. The van der Waals surface area contributed by atoms with E-state index in [4.69, 9.17) is 5.11 Å². The Morgan fingerprint density at radius 3 is 2.47 bits per heavy atom. The number of thioether (sulfide) groups is 1. The molecule has 8 heteroatoms. The number of carbonyl (C=O) groups is 2. The third kappa shape index (κ3) is 3.31. The molecule has 2 aliphatic rings. The molecule has 0 aromatic carbocycles. The van der Waals surface area contributed by atoms with Crippen molar-refractivity contribution in [1.29, 1.82) is 0 Å². The lowest BCUT2D eigenvalue weighted by atomic mass is 10.3. The van der Waals surface area contributed by atoms with Crippen molar-refractivity contribution >= 4 is 23.8 Å². The highest BCUT2D eigenvalue weighted by Gasteiger charge is 2.40. The molecule has 2 atom stereocenters. The van der Waals surface area contributed by atoms with E-state index in [9.17, 15) is 9.59 Å². The van der Waals surface area contributed by atoms with Gasteiger partial charge in [-0.05, 0) is 14.0 Å². The van der Waals surface area contributed by atoms with Crippen molar-refractivity contribution in [2.45, 2.75) is 18.3 Å². The summed E-state index contributed by atoms with van der Waals surface area (Å²) in [4.78, 5) is 27.0. The van der Waals surface area contributed by atoms with Crippen LogP contribution in [0.2, 0.25) is 0 Å². The Hall–Kier alpha value is -0.990. The number of piperazine rings is 1. The number of hydrogen-bond donors (Lipinski definition) is 2. The zero-order valence-electron chi connectivity index (χ0n) is 11.2. The van der Waals surface area contributed by atoms with Gasteiger partial charge in [0, 0.05) is 31.9 Å². The predicted molar refractivity (Wildman–Crippen MR) is 72.8 cm³/mol. The minimum Gasteiger partial charge on any atom is -0.480 e. The van der Waals surface area contributed by atoms with Gasteiger partial charge in [-0.1, -0.05) is 0 Å². The van der Waals surface area contributed by atoms with Crippen LogP contribution in [0.1, 0.15) is 6.92 Å². The van der Waals surface area contributed by atoms with E-state index in [0.717, 1.165) is 26.2 Å². The second-order valence-electron chi connectivity index (χ2n) is 4.90. The summed E-state index contributed by atoms with van der Waals surface area (Å²) in [6.07, 6.45) is 0. The van der Waals surface area contributed by atoms with E-state index in [2.05, 4.69) is 10.3 Å². The van der Waals surface area contributed by atoms with E-state index in [0.29, 0.717) is 5.75 Å². The first-order valence-electron chi connectivity index (χ1n) is 6.36. The zero-order chi connectivity index (χ0) is 14.0. The summed E-state index contributed by atoms with van der Waals surface area (Å²) in [5, 5.41) is 10.9. The number of hydrogen-bond acceptors (Lipinski definition) is 5. The Kier molecular flexibility index (Phi) is 4.54. The van der Waals surface area contributed by atoms with Gasteiger partial charge in [0.2, 0.25) is 0 Å². The van der Waals surface area contributed by atoms with E-state index >= 15 is 0 Å². The number of nitrogens with zero attached hydrogens (tertiary/aromatic N) is 3. The van der Waals surface area contributed by atoms with E-state index in [1.165, 1.54) is 16.7 Å². The molecule has 19 heavy (non-hydrogen) atoms. The van der Waals surface area contributed by atoms with Gasteiger partial charge >= 0.3 is 12.0 Å². The maximum atomic E-state index is 12.2.